The van der Waals surface area contributed by atoms with Crippen molar-refractivity contribution in [3.05, 3.63) is 0 Å². The average Bonchev–Trinajstić information content (AvgIpc) is 2.15. The second-order valence-corrected chi connectivity index (χ2v) is 10.7. The van der Waals surface area contributed by atoms with Crippen LogP contribution >= 0.6 is 38.1 Å². The van der Waals surface area contributed by atoms with E-state index in [2.05, 4.69) is 15.9 Å². The highest BCUT2D eigenvalue weighted by Crippen LogP contribution is 2.20. The Morgan fingerprint density at radius 2 is 1.82 bits per heavy atom. The van der Waals surface area contributed by atoms with Gasteiger partial charge in [-0.15, -0.1) is 0 Å². The summed E-state index contributed by atoms with van der Waals surface area (Å²) in [5, 5.41) is 0. The zero-order chi connectivity index (χ0) is 13.6. The number of carbonyl (C=O) groups excluding carboxylic acids is 1. The first-order valence-electron chi connectivity index (χ1n) is 5.52. The summed E-state index contributed by atoms with van der Waals surface area (Å²) >= 11 is 15.1. The van der Waals surface area contributed by atoms with E-state index in [9.17, 15) is 4.79 Å². The minimum absolute atomic E-state index is 0.107. The van der Waals surface area contributed by atoms with Crippen molar-refractivity contribution in [1.82, 2.24) is 0 Å². The Labute approximate surface area is 122 Å². The van der Waals surface area contributed by atoms with Gasteiger partial charge in [-0.3, -0.25) is 4.79 Å². The van der Waals surface area contributed by atoms with Crippen LogP contribution < -0.4 is 0 Å². The minimum Gasteiger partial charge on any atom is -0.436 e. The lowest BCUT2D eigenvalue weighted by molar-refractivity contribution is -0.186. The SMILES string of the molecule is CC(OC(=O)C(C)C)OC(C[SiH](Cl)Cl)C(C)Br. The van der Waals surface area contributed by atoms with Gasteiger partial charge in [-0.1, -0.05) is 36.7 Å². The van der Waals surface area contributed by atoms with E-state index in [1.807, 2.05) is 6.92 Å². The third-order valence-corrected chi connectivity index (χ3v) is 4.52. The van der Waals surface area contributed by atoms with Crippen LogP contribution in [0.15, 0.2) is 0 Å². The number of alkyl halides is 1. The predicted octanol–water partition coefficient (Wildman–Crippen LogP) is 3.40. The summed E-state index contributed by atoms with van der Waals surface area (Å²) in [6.45, 7) is 7.20. The lowest BCUT2D eigenvalue weighted by Gasteiger charge is -2.25. The average molecular weight is 366 g/mol. The summed E-state index contributed by atoms with van der Waals surface area (Å²) in [7, 11) is -1.75. The Hall–Kier alpha value is 0.707. The topological polar surface area (TPSA) is 35.5 Å². The molecule has 0 aromatic heterocycles. The maximum absolute atomic E-state index is 11.4. The first kappa shape index (κ1) is 17.7. The van der Waals surface area contributed by atoms with Crippen molar-refractivity contribution in [1.29, 1.82) is 0 Å². The van der Waals surface area contributed by atoms with Gasteiger partial charge in [0.2, 0.25) is 7.42 Å². The van der Waals surface area contributed by atoms with E-state index in [-0.39, 0.29) is 22.8 Å². The molecular formula is C10H19BrCl2O3Si. The molecule has 3 atom stereocenters. The van der Waals surface area contributed by atoms with Gasteiger partial charge in [0, 0.05) is 4.83 Å². The van der Waals surface area contributed by atoms with Gasteiger partial charge < -0.3 is 9.47 Å². The highest BCUT2D eigenvalue weighted by atomic mass is 79.9. The van der Waals surface area contributed by atoms with Crippen LogP contribution in [0.1, 0.15) is 27.7 Å². The van der Waals surface area contributed by atoms with Gasteiger partial charge in [0.05, 0.1) is 12.0 Å². The van der Waals surface area contributed by atoms with Crippen molar-refractivity contribution in [3.8, 4) is 0 Å². The van der Waals surface area contributed by atoms with Crippen molar-refractivity contribution in [2.24, 2.45) is 5.92 Å². The zero-order valence-electron chi connectivity index (χ0n) is 10.5. The normalized spacial score (nSPS) is 17.0. The first-order chi connectivity index (χ1) is 7.73. The van der Waals surface area contributed by atoms with Crippen molar-refractivity contribution in [2.45, 2.75) is 51.0 Å². The van der Waals surface area contributed by atoms with Crippen molar-refractivity contribution >= 4 is 51.5 Å². The highest BCUT2D eigenvalue weighted by Gasteiger charge is 2.24. The van der Waals surface area contributed by atoms with Crippen LogP contribution in [0.3, 0.4) is 0 Å². The van der Waals surface area contributed by atoms with Gasteiger partial charge in [0.15, 0.2) is 6.29 Å². The molecule has 0 aromatic rings. The van der Waals surface area contributed by atoms with Crippen LogP contribution in [0.4, 0.5) is 0 Å². The fourth-order valence-electron chi connectivity index (χ4n) is 1.10. The Morgan fingerprint density at radius 1 is 1.29 bits per heavy atom. The first-order valence-corrected chi connectivity index (χ1v) is 10.7. The van der Waals surface area contributed by atoms with Crippen molar-refractivity contribution < 1.29 is 14.3 Å². The summed E-state index contributed by atoms with van der Waals surface area (Å²) in [5.74, 6) is -0.437. The fraction of sp³-hybridized carbons (Fsp3) is 0.900. The van der Waals surface area contributed by atoms with E-state index < -0.39 is 13.7 Å². The number of ether oxygens (including phenoxy) is 2. The molecule has 0 aromatic carbocycles. The Balaban J connectivity index is 4.21. The molecule has 0 radical (unpaired) electrons. The predicted molar refractivity (Wildman–Crippen MR) is 77.3 cm³/mol. The number of esters is 1. The molecule has 7 heteroatoms. The highest BCUT2D eigenvalue weighted by molar-refractivity contribution is 9.09. The molecule has 102 valence electrons. The molecule has 0 saturated carbocycles. The Bertz CT molecular complexity index is 240. The summed E-state index contributed by atoms with van der Waals surface area (Å²) in [6, 6.07) is 0.610. The van der Waals surface area contributed by atoms with Crippen molar-refractivity contribution in [3.63, 3.8) is 0 Å². The lowest BCUT2D eigenvalue weighted by atomic mass is 10.2. The van der Waals surface area contributed by atoms with Gasteiger partial charge in [-0.25, -0.2) is 0 Å². The molecule has 17 heavy (non-hydrogen) atoms. The van der Waals surface area contributed by atoms with Gasteiger partial charge in [0.1, 0.15) is 0 Å². The Morgan fingerprint density at radius 3 is 2.18 bits per heavy atom. The number of hydrogen-bond donors (Lipinski definition) is 0. The third-order valence-electron chi connectivity index (χ3n) is 2.04. The molecule has 0 N–H and O–H groups in total. The van der Waals surface area contributed by atoms with E-state index in [0.717, 1.165) is 0 Å². The van der Waals surface area contributed by atoms with Crippen LogP contribution in [0.5, 0.6) is 0 Å². The van der Waals surface area contributed by atoms with E-state index in [0.29, 0.717) is 6.04 Å². The molecule has 0 aliphatic carbocycles. The lowest BCUT2D eigenvalue weighted by Crippen LogP contribution is -2.32. The minimum atomic E-state index is -1.75. The van der Waals surface area contributed by atoms with E-state index >= 15 is 0 Å². The van der Waals surface area contributed by atoms with E-state index in [4.69, 9.17) is 31.6 Å². The smallest absolute Gasteiger partial charge is 0.310 e. The maximum atomic E-state index is 11.4. The number of rotatable bonds is 7. The van der Waals surface area contributed by atoms with Gasteiger partial charge >= 0.3 is 5.97 Å². The quantitative estimate of drug-likeness (QED) is 0.228. The molecule has 0 rings (SSSR count). The molecule has 0 aliphatic rings. The summed E-state index contributed by atoms with van der Waals surface area (Å²) in [4.78, 5) is 11.5. The fourth-order valence-corrected chi connectivity index (χ4v) is 3.76. The third kappa shape index (κ3) is 8.43. The Kier molecular flexibility index (Phi) is 9.11. The van der Waals surface area contributed by atoms with Crippen LogP contribution in [-0.4, -0.2) is 30.6 Å². The largest absolute Gasteiger partial charge is 0.436 e. The standard InChI is InChI=1S/C10H19BrCl2O3Si/c1-6(2)10(14)16-8(4)15-9(7(3)11)5-17(12)13/h6-9,17H,5H2,1-4H3. The summed E-state index contributed by atoms with van der Waals surface area (Å²) in [6.07, 6.45) is -0.729. The van der Waals surface area contributed by atoms with Crippen LogP contribution in [0.25, 0.3) is 0 Å². The van der Waals surface area contributed by atoms with Crippen LogP contribution in [0.2, 0.25) is 6.04 Å². The number of carbonyl (C=O) groups is 1. The monoisotopic (exact) mass is 364 g/mol. The van der Waals surface area contributed by atoms with E-state index in [1.165, 1.54) is 0 Å². The molecule has 0 amide bonds. The summed E-state index contributed by atoms with van der Waals surface area (Å²) < 4.78 is 10.7. The molecule has 0 heterocycles. The van der Waals surface area contributed by atoms with Crippen LogP contribution in [0, 0.1) is 5.92 Å². The van der Waals surface area contributed by atoms with E-state index in [1.54, 1.807) is 20.8 Å². The maximum Gasteiger partial charge on any atom is 0.310 e. The molecular weight excluding hydrogens is 347 g/mol. The summed E-state index contributed by atoms with van der Waals surface area (Å²) in [5.41, 5.74) is 0. The zero-order valence-corrected chi connectivity index (χ0v) is 14.7. The second-order valence-electron chi connectivity index (χ2n) is 4.14. The molecule has 0 aliphatic heterocycles. The molecule has 0 spiro atoms. The molecule has 0 bridgehead atoms. The van der Waals surface area contributed by atoms with Crippen LogP contribution in [-0.2, 0) is 14.3 Å². The molecule has 3 nitrogen and oxygen atoms in total. The molecule has 0 fully saturated rings. The number of hydrogen-bond acceptors (Lipinski definition) is 3. The molecule has 3 unspecified atom stereocenters. The van der Waals surface area contributed by atoms with Crippen molar-refractivity contribution in [2.75, 3.05) is 0 Å². The number of halogens is 3. The molecule has 0 saturated heterocycles. The van der Waals surface area contributed by atoms with Gasteiger partial charge in [-0.2, -0.15) is 22.2 Å². The van der Waals surface area contributed by atoms with Gasteiger partial charge in [-0.05, 0) is 13.0 Å². The van der Waals surface area contributed by atoms with Gasteiger partial charge in [0.25, 0.3) is 0 Å². The second kappa shape index (κ2) is 8.75.